The largest absolute Gasteiger partial charge is 0.492 e. The van der Waals surface area contributed by atoms with E-state index < -0.39 is 0 Å². The van der Waals surface area contributed by atoms with E-state index in [2.05, 4.69) is 34.9 Å². The fraction of sp³-hybridized carbons (Fsp3) is 0.385. The maximum Gasteiger partial charge on any atom is 0.244 e. The first-order chi connectivity index (χ1) is 12.0. The molecule has 3 aromatic heterocycles. The zero-order valence-corrected chi connectivity index (χ0v) is 14.6. The molecule has 1 aliphatic heterocycles. The molecule has 0 saturated carbocycles. The normalized spacial score (nSPS) is 15.2. The third-order valence-electron chi connectivity index (χ3n) is 3.90. The van der Waals surface area contributed by atoms with Gasteiger partial charge in [0.05, 0.1) is 0 Å². The Morgan fingerprint density at radius 3 is 2.24 bits per heavy atom. The van der Waals surface area contributed by atoms with E-state index in [1.54, 1.807) is 11.0 Å². The van der Waals surface area contributed by atoms with Crippen molar-refractivity contribution in [2.45, 2.75) is 0 Å². The predicted octanol–water partition coefficient (Wildman–Crippen LogP) is 0.887. The van der Waals surface area contributed by atoms with Crippen molar-refractivity contribution in [3.8, 4) is 5.88 Å². The number of hydrogen-bond acceptors (Lipinski definition) is 9. The molecule has 12 heteroatoms. The maximum atomic E-state index is 9.96. The van der Waals surface area contributed by atoms with Crippen molar-refractivity contribution in [3.05, 3.63) is 16.9 Å². The van der Waals surface area contributed by atoms with Crippen molar-refractivity contribution >= 4 is 46.0 Å². The van der Waals surface area contributed by atoms with Gasteiger partial charge in [0, 0.05) is 33.2 Å². The number of piperazine rings is 1. The molecule has 4 rings (SSSR count). The van der Waals surface area contributed by atoms with Gasteiger partial charge in [-0.25, -0.2) is 15.0 Å². The molecule has 1 fully saturated rings. The van der Waals surface area contributed by atoms with Crippen LogP contribution in [0.4, 0.5) is 11.8 Å². The van der Waals surface area contributed by atoms with Gasteiger partial charge in [0.1, 0.15) is 11.8 Å². The third kappa shape index (κ3) is 2.98. The van der Waals surface area contributed by atoms with Crippen molar-refractivity contribution in [1.29, 1.82) is 0 Å². The molecule has 0 atom stereocenters. The second kappa shape index (κ2) is 6.12. The Balaban J connectivity index is 1.65. The summed E-state index contributed by atoms with van der Waals surface area (Å²) in [5.74, 6) is 0.885. The molecular weight excluding hydrogens is 369 g/mol. The first-order valence-corrected chi connectivity index (χ1v) is 8.22. The highest BCUT2D eigenvalue weighted by atomic mass is 35.5. The van der Waals surface area contributed by atoms with Gasteiger partial charge in [-0.2, -0.15) is 9.97 Å². The molecule has 0 amide bonds. The molecule has 0 unspecified atom stereocenters. The van der Waals surface area contributed by atoms with Crippen LogP contribution in [0, 0.1) is 0 Å². The Morgan fingerprint density at radius 2 is 1.56 bits per heavy atom. The van der Waals surface area contributed by atoms with Gasteiger partial charge in [-0.3, -0.25) is 4.68 Å². The average Bonchev–Trinajstić information content (AvgIpc) is 3.02. The van der Waals surface area contributed by atoms with Gasteiger partial charge in [0.25, 0.3) is 0 Å². The molecule has 1 saturated heterocycles. The standard InChI is InChI=1S/C13H13Cl2N9O/c1-22-6-16-13(21-22)24-4-2-23(3-5-24)9-7-8(18-11(14)19-9)10(25)20-12(15)17-7/h6H,2-5H2,1H3,(H,17,20,25). The minimum absolute atomic E-state index is 0.0116. The zero-order chi connectivity index (χ0) is 17.6. The van der Waals surface area contributed by atoms with E-state index in [4.69, 9.17) is 23.2 Å². The highest BCUT2D eigenvalue weighted by Crippen LogP contribution is 2.30. The lowest BCUT2D eigenvalue weighted by molar-refractivity contribution is 0.458. The number of aryl methyl sites for hydroxylation is 1. The molecular formula is C13H13Cl2N9O. The summed E-state index contributed by atoms with van der Waals surface area (Å²) >= 11 is 11.9. The monoisotopic (exact) mass is 381 g/mol. The van der Waals surface area contributed by atoms with E-state index in [1.807, 2.05) is 11.9 Å². The van der Waals surface area contributed by atoms with E-state index in [-0.39, 0.29) is 22.0 Å². The van der Waals surface area contributed by atoms with Crippen molar-refractivity contribution in [3.63, 3.8) is 0 Å². The van der Waals surface area contributed by atoms with Crippen molar-refractivity contribution < 1.29 is 5.11 Å². The minimum atomic E-state index is -0.322. The summed E-state index contributed by atoms with van der Waals surface area (Å²) in [4.78, 5) is 24.5. The van der Waals surface area contributed by atoms with E-state index >= 15 is 0 Å². The van der Waals surface area contributed by atoms with E-state index in [0.717, 1.165) is 0 Å². The van der Waals surface area contributed by atoms with Gasteiger partial charge < -0.3 is 14.9 Å². The predicted molar refractivity (Wildman–Crippen MR) is 92.2 cm³/mol. The molecule has 0 spiro atoms. The topological polar surface area (TPSA) is 109 Å². The fourth-order valence-corrected chi connectivity index (χ4v) is 3.07. The van der Waals surface area contributed by atoms with Crippen molar-refractivity contribution in [1.82, 2.24) is 34.7 Å². The summed E-state index contributed by atoms with van der Waals surface area (Å²) in [5, 5.41) is 14.2. The van der Waals surface area contributed by atoms with Crippen LogP contribution in [0.5, 0.6) is 5.88 Å². The first-order valence-electron chi connectivity index (χ1n) is 7.46. The molecule has 0 radical (unpaired) electrons. The highest BCUT2D eigenvalue weighted by Gasteiger charge is 2.24. The van der Waals surface area contributed by atoms with Gasteiger partial charge in [0.2, 0.25) is 22.4 Å². The minimum Gasteiger partial charge on any atom is -0.492 e. The number of halogens is 2. The summed E-state index contributed by atoms with van der Waals surface area (Å²) in [6, 6.07) is 0. The van der Waals surface area contributed by atoms with Gasteiger partial charge in [0.15, 0.2) is 11.3 Å². The van der Waals surface area contributed by atoms with Gasteiger partial charge in [-0.05, 0) is 23.2 Å². The molecule has 0 bridgehead atoms. The fourth-order valence-electron chi connectivity index (χ4n) is 2.74. The van der Waals surface area contributed by atoms with Crippen LogP contribution >= 0.6 is 23.2 Å². The quantitative estimate of drug-likeness (QED) is 0.646. The number of aromatic hydroxyl groups is 1. The molecule has 0 aliphatic carbocycles. The maximum absolute atomic E-state index is 9.96. The van der Waals surface area contributed by atoms with Crippen molar-refractivity contribution in [2.24, 2.45) is 7.05 Å². The van der Waals surface area contributed by atoms with E-state index in [0.29, 0.717) is 43.5 Å². The Morgan fingerprint density at radius 1 is 0.920 bits per heavy atom. The smallest absolute Gasteiger partial charge is 0.244 e. The lowest BCUT2D eigenvalue weighted by Crippen LogP contribution is -2.47. The summed E-state index contributed by atoms with van der Waals surface area (Å²) in [5.41, 5.74) is 0.541. The second-order valence-corrected chi connectivity index (χ2v) is 6.20. The number of nitrogens with zero attached hydrogens (tertiary/aromatic N) is 9. The lowest BCUT2D eigenvalue weighted by atomic mass is 10.3. The molecule has 25 heavy (non-hydrogen) atoms. The number of aromatic nitrogens is 7. The number of rotatable bonds is 2. The SMILES string of the molecule is Cn1cnc(N2CCN(c3nc(Cl)nc4c(O)nc(Cl)nc34)CC2)n1. The molecule has 130 valence electrons. The Bertz CT molecular complexity index is 939. The van der Waals surface area contributed by atoms with Gasteiger partial charge in [-0.1, -0.05) is 0 Å². The molecule has 1 N–H and O–H groups in total. The van der Waals surface area contributed by atoms with Crippen LogP contribution in [0.25, 0.3) is 11.0 Å². The van der Waals surface area contributed by atoms with Crippen LogP contribution < -0.4 is 9.80 Å². The number of fused-ring (bicyclic) bond motifs is 1. The second-order valence-electron chi connectivity index (χ2n) is 5.52. The highest BCUT2D eigenvalue weighted by molar-refractivity contribution is 6.29. The first kappa shape index (κ1) is 16.0. The van der Waals surface area contributed by atoms with Crippen LogP contribution in [0.15, 0.2) is 6.33 Å². The third-order valence-corrected chi connectivity index (χ3v) is 4.24. The number of anilines is 2. The molecule has 4 heterocycles. The van der Waals surface area contributed by atoms with E-state index in [1.165, 1.54) is 0 Å². The summed E-state index contributed by atoms with van der Waals surface area (Å²) < 4.78 is 1.67. The van der Waals surface area contributed by atoms with E-state index in [9.17, 15) is 5.11 Å². The Hall–Kier alpha value is -2.46. The lowest BCUT2D eigenvalue weighted by Gasteiger charge is -2.34. The van der Waals surface area contributed by atoms with Gasteiger partial charge in [-0.15, -0.1) is 5.10 Å². The van der Waals surface area contributed by atoms with Crippen LogP contribution in [0.1, 0.15) is 0 Å². The summed E-state index contributed by atoms with van der Waals surface area (Å²) in [6.07, 6.45) is 1.67. The zero-order valence-electron chi connectivity index (χ0n) is 13.1. The van der Waals surface area contributed by atoms with Crippen LogP contribution in [0.2, 0.25) is 10.6 Å². The summed E-state index contributed by atoms with van der Waals surface area (Å²) in [6.45, 7) is 2.72. The number of hydrogen-bond donors (Lipinski definition) is 1. The van der Waals surface area contributed by atoms with Crippen LogP contribution in [-0.4, -0.2) is 66.0 Å². The summed E-state index contributed by atoms with van der Waals surface area (Å²) in [7, 11) is 1.83. The Kier molecular flexibility index (Phi) is 3.92. The van der Waals surface area contributed by atoms with Gasteiger partial charge >= 0.3 is 0 Å². The molecule has 3 aromatic rings. The molecule has 1 aliphatic rings. The van der Waals surface area contributed by atoms with Crippen molar-refractivity contribution in [2.75, 3.05) is 36.0 Å². The average molecular weight is 382 g/mol. The van der Waals surface area contributed by atoms with Crippen LogP contribution in [0.3, 0.4) is 0 Å². The Labute approximate surface area is 152 Å². The molecule has 10 nitrogen and oxygen atoms in total. The van der Waals surface area contributed by atoms with Crippen LogP contribution in [-0.2, 0) is 7.05 Å². The molecule has 0 aromatic carbocycles.